The summed E-state index contributed by atoms with van der Waals surface area (Å²) in [5.41, 5.74) is 1.89. The number of nitrogens with zero attached hydrogens (tertiary/aromatic N) is 5. The lowest BCUT2D eigenvalue weighted by atomic mass is 10.2. The number of carbonyl (C=O) groups excluding carboxylic acids is 2. The molecular weight excluding hydrogens is 520 g/mol. The highest BCUT2D eigenvalue weighted by Crippen LogP contribution is 2.19. The zero-order chi connectivity index (χ0) is 29.8. The summed E-state index contributed by atoms with van der Waals surface area (Å²) in [6.07, 6.45) is 6.97. The van der Waals surface area contributed by atoms with Gasteiger partial charge in [-0.2, -0.15) is 10.1 Å². The third-order valence-electron chi connectivity index (χ3n) is 5.87. The van der Waals surface area contributed by atoms with Crippen LogP contribution in [0.4, 0.5) is 22.2 Å². The molecule has 1 aromatic carbocycles. The summed E-state index contributed by atoms with van der Waals surface area (Å²) in [7, 11) is 1.55. The lowest BCUT2D eigenvalue weighted by Gasteiger charge is -2.28. The molecule has 0 unspecified atom stereocenters. The second-order valence-corrected chi connectivity index (χ2v) is 10.5. The van der Waals surface area contributed by atoms with E-state index in [1.165, 1.54) is 4.90 Å². The minimum absolute atomic E-state index is 0.245. The van der Waals surface area contributed by atoms with Crippen LogP contribution in [-0.2, 0) is 9.53 Å². The first-order valence-electron chi connectivity index (χ1n) is 13.8. The van der Waals surface area contributed by atoms with Crippen LogP contribution in [-0.4, -0.2) is 68.4 Å². The average Bonchev–Trinajstić information content (AvgIpc) is 3.48. The zero-order valence-corrected chi connectivity index (χ0v) is 24.7. The number of anilines is 3. The van der Waals surface area contributed by atoms with Crippen LogP contribution < -0.4 is 16.0 Å². The van der Waals surface area contributed by atoms with Crippen LogP contribution in [0.1, 0.15) is 59.4 Å². The van der Waals surface area contributed by atoms with Gasteiger partial charge in [-0.25, -0.2) is 14.5 Å². The van der Waals surface area contributed by atoms with Crippen molar-refractivity contribution < 1.29 is 14.3 Å². The van der Waals surface area contributed by atoms with Crippen molar-refractivity contribution in [2.75, 3.05) is 30.8 Å². The van der Waals surface area contributed by atoms with E-state index < -0.39 is 17.7 Å². The number of hydrogen-bond donors (Lipinski definition) is 3. The Labute approximate surface area is 242 Å². The molecule has 2 aromatic heterocycles. The van der Waals surface area contributed by atoms with Gasteiger partial charge in [0, 0.05) is 44.6 Å². The molecule has 0 fully saturated rings. The Morgan fingerprint density at radius 3 is 2.59 bits per heavy atom. The van der Waals surface area contributed by atoms with E-state index in [0.717, 1.165) is 24.3 Å². The fourth-order valence-corrected chi connectivity index (χ4v) is 3.52. The van der Waals surface area contributed by atoms with Gasteiger partial charge >= 0.3 is 6.09 Å². The summed E-state index contributed by atoms with van der Waals surface area (Å²) in [4.78, 5) is 35.0. The number of benzene rings is 1. The van der Waals surface area contributed by atoms with Crippen LogP contribution in [0.3, 0.4) is 0 Å². The minimum atomic E-state index is -0.651. The molecule has 0 aliphatic rings. The third-order valence-corrected chi connectivity index (χ3v) is 5.87. The molecule has 11 nitrogen and oxygen atoms in total. The molecule has 0 saturated carbocycles. The van der Waals surface area contributed by atoms with E-state index in [9.17, 15) is 9.59 Å². The lowest BCUT2D eigenvalue weighted by Crippen LogP contribution is -2.47. The van der Waals surface area contributed by atoms with Crippen molar-refractivity contribution in [3.8, 4) is 17.5 Å². The maximum atomic E-state index is 12.5. The minimum Gasteiger partial charge on any atom is -0.444 e. The van der Waals surface area contributed by atoms with Crippen LogP contribution in [0.5, 0.6) is 0 Å². The average molecular weight is 561 g/mol. The summed E-state index contributed by atoms with van der Waals surface area (Å²) in [6, 6.07) is 9.05. The fraction of sp³-hybridized carbons (Fsp3) is 0.433. The highest BCUT2D eigenvalue weighted by molar-refractivity contribution is 5.85. The van der Waals surface area contributed by atoms with Crippen molar-refractivity contribution in [3.05, 3.63) is 54.5 Å². The van der Waals surface area contributed by atoms with Gasteiger partial charge in [0.25, 0.3) is 0 Å². The van der Waals surface area contributed by atoms with E-state index in [2.05, 4.69) is 49.8 Å². The van der Waals surface area contributed by atoms with Gasteiger partial charge in [0.1, 0.15) is 17.5 Å². The third kappa shape index (κ3) is 9.83. The van der Waals surface area contributed by atoms with E-state index in [1.54, 1.807) is 51.8 Å². The molecular formula is C30H40N8O3. The highest BCUT2D eigenvalue weighted by atomic mass is 16.6. The predicted molar refractivity (Wildman–Crippen MR) is 160 cm³/mol. The van der Waals surface area contributed by atoms with Gasteiger partial charge in [-0.05, 0) is 70.9 Å². The van der Waals surface area contributed by atoms with E-state index >= 15 is 0 Å². The predicted octanol–water partition coefficient (Wildman–Crippen LogP) is 4.73. The van der Waals surface area contributed by atoms with E-state index in [1.807, 2.05) is 36.5 Å². The quantitative estimate of drug-likeness (QED) is 0.227. The number of likely N-dealkylation sites (N-methyl/N-ethyl adjacent to an activating group) is 1. The smallest absolute Gasteiger partial charge is 0.410 e. The molecule has 1 atom stereocenters. The molecule has 218 valence electrons. The molecule has 41 heavy (non-hydrogen) atoms. The zero-order valence-electron chi connectivity index (χ0n) is 24.7. The van der Waals surface area contributed by atoms with Crippen LogP contribution in [0.25, 0.3) is 5.69 Å². The van der Waals surface area contributed by atoms with Gasteiger partial charge in [-0.3, -0.25) is 9.69 Å². The van der Waals surface area contributed by atoms with Gasteiger partial charge in [-0.15, -0.1) is 0 Å². The molecule has 0 saturated heterocycles. The van der Waals surface area contributed by atoms with Crippen LogP contribution >= 0.6 is 0 Å². The summed E-state index contributed by atoms with van der Waals surface area (Å²) < 4.78 is 7.12. The molecule has 0 aliphatic carbocycles. The van der Waals surface area contributed by atoms with Crippen molar-refractivity contribution >= 4 is 29.5 Å². The monoisotopic (exact) mass is 560 g/mol. The Bertz CT molecular complexity index is 1340. The maximum Gasteiger partial charge on any atom is 0.410 e. The molecule has 3 aromatic rings. The summed E-state index contributed by atoms with van der Waals surface area (Å²) in [6.45, 7) is 10.3. The van der Waals surface area contributed by atoms with Gasteiger partial charge in [0.05, 0.1) is 17.4 Å². The van der Waals surface area contributed by atoms with Crippen molar-refractivity contribution in [2.24, 2.45) is 0 Å². The SMILES string of the molecule is CCCNc1nc(Nc2ccc(-n3cccn3)cc2)ncc1C#CCCCNC(=O)[C@H](C)N(C)C(=O)OC(C)(C)C. The number of ether oxygens (including phenoxy) is 1. The van der Waals surface area contributed by atoms with Gasteiger partial charge in [0.2, 0.25) is 11.9 Å². The molecule has 0 aliphatic heterocycles. The number of hydrogen-bond acceptors (Lipinski definition) is 8. The van der Waals surface area contributed by atoms with Crippen LogP contribution in [0.15, 0.2) is 48.9 Å². The van der Waals surface area contributed by atoms with E-state index in [0.29, 0.717) is 36.7 Å². The fourth-order valence-electron chi connectivity index (χ4n) is 3.52. The number of aromatic nitrogens is 4. The van der Waals surface area contributed by atoms with Gasteiger partial charge in [0.15, 0.2) is 0 Å². The van der Waals surface area contributed by atoms with Gasteiger partial charge in [-0.1, -0.05) is 18.8 Å². The number of unbranched alkanes of at least 4 members (excludes halogenated alkanes) is 1. The molecule has 0 bridgehead atoms. The van der Waals surface area contributed by atoms with Crippen molar-refractivity contribution in [1.82, 2.24) is 30.0 Å². The van der Waals surface area contributed by atoms with Crippen molar-refractivity contribution in [3.63, 3.8) is 0 Å². The molecule has 3 rings (SSSR count). The van der Waals surface area contributed by atoms with Crippen molar-refractivity contribution in [1.29, 1.82) is 0 Å². The Morgan fingerprint density at radius 1 is 1.17 bits per heavy atom. The van der Waals surface area contributed by atoms with E-state index in [4.69, 9.17) is 4.74 Å². The molecule has 0 radical (unpaired) electrons. The van der Waals surface area contributed by atoms with Crippen LogP contribution in [0, 0.1) is 11.8 Å². The molecule has 11 heteroatoms. The topological polar surface area (TPSA) is 126 Å². The first-order valence-corrected chi connectivity index (χ1v) is 13.8. The van der Waals surface area contributed by atoms with Gasteiger partial charge < -0.3 is 20.7 Å². The van der Waals surface area contributed by atoms with Crippen LogP contribution in [0.2, 0.25) is 0 Å². The summed E-state index contributed by atoms with van der Waals surface area (Å²) in [5, 5.41) is 13.7. The summed E-state index contributed by atoms with van der Waals surface area (Å²) >= 11 is 0. The normalized spacial score (nSPS) is 11.6. The first-order chi connectivity index (χ1) is 19.6. The maximum absolute atomic E-state index is 12.5. The Kier molecular flexibility index (Phi) is 11.1. The standard InChI is InChI=1S/C30H40N8O3/c1-7-17-31-26-23(12-9-8-10-18-32-27(39)22(2)37(6)29(40)41-30(3,4)5)21-33-28(36-26)35-24-13-15-25(16-14-24)38-20-11-19-34-38/h11,13-16,19-22H,7-8,10,17-18H2,1-6H3,(H,32,39)(H2,31,33,35,36)/t22-/m0/s1. The Balaban J connectivity index is 1.52. The number of amides is 2. The number of rotatable bonds is 11. The second kappa shape index (κ2) is 14.7. The number of nitrogens with one attached hydrogen (secondary N) is 3. The van der Waals surface area contributed by atoms with E-state index in [-0.39, 0.29) is 5.91 Å². The lowest BCUT2D eigenvalue weighted by molar-refractivity contribution is -0.125. The largest absolute Gasteiger partial charge is 0.444 e. The molecule has 2 amide bonds. The molecule has 0 spiro atoms. The highest BCUT2D eigenvalue weighted by Gasteiger charge is 2.26. The molecule has 2 heterocycles. The number of carbonyl (C=O) groups is 2. The summed E-state index contributed by atoms with van der Waals surface area (Å²) in [5.74, 6) is 7.17. The molecule has 3 N–H and O–H groups in total. The Morgan fingerprint density at radius 2 is 1.93 bits per heavy atom. The second-order valence-electron chi connectivity index (χ2n) is 10.5. The first kappa shape index (κ1) is 30.9. The Hall–Kier alpha value is -4.59. The van der Waals surface area contributed by atoms with Crippen molar-refractivity contribution in [2.45, 2.75) is 65.5 Å².